The number of nitrogens with one attached hydrogen (secondary N) is 1. The topological polar surface area (TPSA) is 24.9 Å². The van der Waals surface area contributed by atoms with E-state index >= 15 is 0 Å². The van der Waals surface area contributed by atoms with Gasteiger partial charge in [0.05, 0.1) is 15.2 Å². The van der Waals surface area contributed by atoms with Crippen LogP contribution in [-0.4, -0.2) is 17.6 Å². The van der Waals surface area contributed by atoms with Crippen LogP contribution in [0, 0.1) is 11.8 Å². The largest absolute Gasteiger partial charge is 0.314 e. The lowest BCUT2D eigenvalue weighted by Crippen LogP contribution is -2.37. The molecule has 0 radical (unpaired) electrons. The zero-order valence-electron chi connectivity index (χ0n) is 11.7. The molecule has 2 atom stereocenters. The summed E-state index contributed by atoms with van der Waals surface area (Å²) in [6, 6.07) is 9.03. The number of likely N-dealkylation sites (N-methyl/N-ethyl adjacent to an activating group) is 1. The molecule has 1 fully saturated rings. The lowest BCUT2D eigenvalue weighted by Gasteiger charge is -2.23. The summed E-state index contributed by atoms with van der Waals surface area (Å²) in [5.41, 5.74) is 1.15. The van der Waals surface area contributed by atoms with E-state index in [2.05, 4.69) is 43.4 Å². The summed E-state index contributed by atoms with van der Waals surface area (Å²) >= 11 is 1.85. The molecule has 0 aliphatic heterocycles. The van der Waals surface area contributed by atoms with Crippen molar-refractivity contribution in [2.45, 2.75) is 39.2 Å². The lowest BCUT2D eigenvalue weighted by molar-refractivity contribution is 0.344. The molecule has 2 aromatic rings. The molecule has 0 spiro atoms. The maximum Gasteiger partial charge on any atom is 0.0954 e. The minimum Gasteiger partial charge on any atom is -0.314 e. The molecule has 1 heterocycles. The van der Waals surface area contributed by atoms with Crippen molar-refractivity contribution in [1.29, 1.82) is 0 Å². The van der Waals surface area contributed by atoms with Gasteiger partial charge in [0, 0.05) is 12.5 Å². The summed E-state index contributed by atoms with van der Waals surface area (Å²) in [6.45, 7) is 5.65. The highest BCUT2D eigenvalue weighted by Gasteiger charge is 2.33. The Hall–Kier alpha value is -0.930. The second kappa shape index (κ2) is 5.59. The summed E-state index contributed by atoms with van der Waals surface area (Å²) in [5, 5.41) is 4.94. The van der Waals surface area contributed by atoms with E-state index in [0.29, 0.717) is 6.04 Å². The van der Waals surface area contributed by atoms with E-state index in [1.807, 2.05) is 11.3 Å². The van der Waals surface area contributed by atoms with Gasteiger partial charge in [0.1, 0.15) is 0 Å². The van der Waals surface area contributed by atoms with E-state index < -0.39 is 0 Å². The fraction of sp³-hybridized carbons (Fsp3) is 0.562. The Labute approximate surface area is 119 Å². The van der Waals surface area contributed by atoms with Crippen molar-refractivity contribution < 1.29 is 0 Å². The van der Waals surface area contributed by atoms with Crippen LogP contribution in [0.3, 0.4) is 0 Å². The first-order valence-electron chi connectivity index (χ1n) is 7.35. The van der Waals surface area contributed by atoms with E-state index in [4.69, 9.17) is 4.98 Å². The third-order valence-electron chi connectivity index (χ3n) is 4.20. The van der Waals surface area contributed by atoms with Crippen LogP contribution in [0.1, 0.15) is 31.7 Å². The monoisotopic (exact) mass is 274 g/mol. The predicted octanol–water partition coefficient (Wildman–Crippen LogP) is 3.86. The summed E-state index contributed by atoms with van der Waals surface area (Å²) in [4.78, 5) is 4.78. The third-order valence-corrected chi connectivity index (χ3v) is 5.26. The number of para-hydroxylation sites is 1. The van der Waals surface area contributed by atoms with Crippen molar-refractivity contribution in [2.24, 2.45) is 11.8 Å². The number of fused-ring (bicyclic) bond motifs is 1. The molecule has 102 valence electrons. The molecule has 2 nitrogen and oxygen atoms in total. The van der Waals surface area contributed by atoms with Crippen molar-refractivity contribution >= 4 is 21.6 Å². The highest BCUT2D eigenvalue weighted by atomic mass is 32.1. The summed E-state index contributed by atoms with van der Waals surface area (Å²) in [6.07, 6.45) is 3.91. The second-order valence-electron chi connectivity index (χ2n) is 5.64. The van der Waals surface area contributed by atoms with Crippen LogP contribution >= 0.6 is 11.3 Å². The van der Waals surface area contributed by atoms with Crippen LogP contribution < -0.4 is 5.32 Å². The molecular formula is C16H22N2S. The maximum absolute atomic E-state index is 4.78. The van der Waals surface area contributed by atoms with Crippen LogP contribution in [0.15, 0.2) is 24.3 Å². The summed E-state index contributed by atoms with van der Waals surface area (Å²) in [7, 11) is 0. The smallest absolute Gasteiger partial charge is 0.0954 e. The van der Waals surface area contributed by atoms with E-state index in [1.165, 1.54) is 22.5 Å². The van der Waals surface area contributed by atoms with Crippen molar-refractivity contribution in [3.63, 3.8) is 0 Å². The van der Waals surface area contributed by atoms with Gasteiger partial charge < -0.3 is 5.32 Å². The molecule has 1 aliphatic rings. The molecule has 1 saturated carbocycles. The highest BCUT2D eigenvalue weighted by molar-refractivity contribution is 7.18. The first-order chi connectivity index (χ1) is 9.28. The predicted molar refractivity (Wildman–Crippen MR) is 82.7 cm³/mol. The number of hydrogen-bond acceptors (Lipinski definition) is 3. The van der Waals surface area contributed by atoms with Crippen molar-refractivity contribution in [3.8, 4) is 0 Å². The number of rotatable bonds is 6. The number of hydrogen-bond donors (Lipinski definition) is 1. The fourth-order valence-electron chi connectivity index (χ4n) is 2.85. The summed E-state index contributed by atoms with van der Waals surface area (Å²) in [5.74, 6) is 1.71. The SMILES string of the molecule is CCNC(Cc1nc2ccccc2s1)C(C)C1CC1. The van der Waals surface area contributed by atoms with Crippen LogP contribution in [0.5, 0.6) is 0 Å². The first-order valence-corrected chi connectivity index (χ1v) is 8.17. The minimum atomic E-state index is 0.582. The third kappa shape index (κ3) is 2.98. The van der Waals surface area contributed by atoms with Gasteiger partial charge in [-0.05, 0) is 43.4 Å². The van der Waals surface area contributed by atoms with E-state index in [9.17, 15) is 0 Å². The van der Waals surface area contributed by atoms with Crippen LogP contribution in [0.25, 0.3) is 10.2 Å². The van der Waals surface area contributed by atoms with Gasteiger partial charge in [-0.1, -0.05) is 26.0 Å². The Bertz CT molecular complexity index is 511. The molecule has 0 saturated heterocycles. The minimum absolute atomic E-state index is 0.582. The molecule has 1 aromatic carbocycles. The normalized spacial score (nSPS) is 18.6. The zero-order chi connectivity index (χ0) is 13.2. The van der Waals surface area contributed by atoms with Gasteiger partial charge in [0.25, 0.3) is 0 Å². The molecule has 3 heteroatoms. The molecular weight excluding hydrogens is 252 g/mol. The van der Waals surface area contributed by atoms with Gasteiger partial charge in [-0.15, -0.1) is 11.3 Å². The van der Waals surface area contributed by atoms with E-state index in [0.717, 1.165) is 30.3 Å². The lowest BCUT2D eigenvalue weighted by atomic mass is 9.94. The quantitative estimate of drug-likeness (QED) is 0.865. The van der Waals surface area contributed by atoms with Gasteiger partial charge in [-0.2, -0.15) is 0 Å². The van der Waals surface area contributed by atoms with Gasteiger partial charge >= 0.3 is 0 Å². The molecule has 1 N–H and O–H groups in total. The molecule has 0 amide bonds. The number of thiazole rings is 1. The molecule has 1 aromatic heterocycles. The van der Waals surface area contributed by atoms with Crippen molar-refractivity contribution in [1.82, 2.24) is 10.3 Å². The summed E-state index contributed by atoms with van der Waals surface area (Å²) < 4.78 is 1.31. The van der Waals surface area contributed by atoms with Gasteiger partial charge in [-0.3, -0.25) is 0 Å². The standard InChI is InChI=1S/C16H22N2S/c1-3-17-14(11(2)12-8-9-12)10-16-18-13-6-4-5-7-15(13)19-16/h4-7,11-12,14,17H,3,8-10H2,1-2H3. The number of aromatic nitrogens is 1. The molecule has 19 heavy (non-hydrogen) atoms. The van der Waals surface area contributed by atoms with E-state index in [1.54, 1.807) is 0 Å². The Morgan fingerprint density at radius 2 is 2.16 bits per heavy atom. The second-order valence-corrected chi connectivity index (χ2v) is 6.76. The molecule has 2 unspecified atom stereocenters. The highest BCUT2D eigenvalue weighted by Crippen LogP contribution is 2.39. The average molecular weight is 274 g/mol. The van der Waals surface area contributed by atoms with Gasteiger partial charge in [0.2, 0.25) is 0 Å². The average Bonchev–Trinajstić information content (AvgIpc) is 3.17. The Morgan fingerprint density at radius 3 is 2.84 bits per heavy atom. The van der Waals surface area contributed by atoms with Crippen molar-refractivity contribution in [2.75, 3.05) is 6.54 Å². The van der Waals surface area contributed by atoms with Gasteiger partial charge in [0.15, 0.2) is 0 Å². The molecule has 3 rings (SSSR count). The van der Waals surface area contributed by atoms with Crippen LogP contribution in [0.2, 0.25) is 0 Å². The Kier molecular flexibility index (Phi) is 3.85. The zero-order valence-corrected chi connectivity index (χ0v) is 12.5. The fourth-order valence-corrected chi connectivity index (χ4v) is 3.88. The van der Waals surface area contributed by atoms with Gasteiger partial charge in [-0.25, -0.2) is 4.98 Å². The van der Waals surface area contributed by atoms with E-state index in [-0.39, 0.29) is 0 Å². The maximum atomic E-state index is 4.78. The van der Waals surface area contributed by atoms with Crippen LogP contribution in [-0.2, 0) is 6.42 Å². The number of benzene rings is 1. The Balaban J connectivity index is 1.76. The Morgan fingerprint density at radius 1 is 1.37 bits per heavy atom. The number of nitrogens with zero attached hydrogens (tertiary/aromatic N) is 1. The molecule has 1 aliphatic carbocycles. The van der Waals surface area contributed by atoms with Crippen molar-refractivity contribution in [3.05, 3.63) is 29.3 Å². The van der Waals surface area contributed by atoms with Crippen LogP contribution in [0.4, 0.5) is 0 Å². The first kappa shape index (κ1) is 13.1. The molecule has 0 bridgehead atoms.